The molecule has 0 aliphatic carbocycles. The second kappa shape index (κ2) is 5.92. The van der Waals surface area contributed by atoms with Gasteiger partial charge in [-0.2, -0.15) is 0 Å². The van der Waals surface area contributed by atoms with Gasteiger partial charge in [0.25, 0.3) is 5.56 Å². The maximum atomic E-state index is 11.3. The minimum Gasteiger partial charge on any atom is -0.396 e. The van der Waals surface area contributed by atoms with Gasteiger partial charge < -0.3 is 10.1 Å². The highest BCUT2D eigenvalue weighted by molar-refractivity contribution is 7.99. The molecule has 1 aromatic rings. The molecule has 1 atom stereocenters. The number of aliphatic hydroxyl groups is 1. The van der Waals surface area contributed by atoms with Crippen molar-refractivity contribution >= 4 is 11.8 Å². The second-order valence-electron chi connectivity index (χ2n) is 3.32. The van der Waals surface area contributed by atoms with Crippen LogP contribution in [0.3, 0.4) is 0 Å². The molecule has 4 nitrogen and oxygen atoms in total. The maximum absolute atomic E-state index is 11.3. The highest BCUT2D eigenvalue weighted by Gasteiger charge is 2.06. The molecule has 0 saturated carbocycles. The monoisotopic (exact) mass is 228 g/mol. The molecule has 1 unspecified atom stereocenters. The van der Waals surface area contributed by atoms with E-state index in [4.69, 9.17) is 5.11 Å². The predicted octanol–water partition coefficient (Wildman–Crippen LogP) is 1.20. The quantitative estimate of drug-likeness (QED) is 0.587. The first-order valence-corrected chi connectivity index (χ1v) is 5.91. The number of nitrogens with zero attached hydrogens (tertiary/aromatic N) is 1. The number of hydrogen-bond acceptors (Lipinski definition) is 4. The van der Waals surface area contributed by atoms with Gasteiger partial charge in [-0.05, 0) is 6.42 Å². The van der Waals surface area contributed by atoms with Crippen molar-refractivity contribution in [3.05, 3.63) is 22.2 Å². The smallest absolute Gasteiger partial charge is 0.251 e. The van der Waals surface area contributed by atoms with Gasteiger partial charge in [-0.1, -0.05) is 13.8 Å². The molecular formula is C10H16N2O2S. The lowest BCUT2D eigenvalue weighted by atomic mass is 10.3. The van der Waals surface area contributed by atoms with Crippen molar-refractivity contribution in [2.45, 2.75) is 37.0 Å². The van der Waals surface area contributed by atoms with Crippen molar-refractivity contribution in [3.8, 4) is 0 Å². The SMILES string of the molecule is CCc1nc(SC(C)CCO)cc(=O)[nH]1. The van der Waals surface area contributed by atoms with E-state index in [0.717, 1.165) is 11.4 Å². The van der Waals surface area contributed by atoms with Crippen LogP contribution in [-0.2, 0) is 6.42 Å². The van der Waals surface area contributed by atoms with Gasteiger partial charge in [-0.15, -0.1) is 11.8 Å². The van der Waals surface area contributed by atoms with Crippen molar-refractivity contribution in [1.82, 2.24) is 9.97 Å². The number of aromatic nitrogens is 2. The van der Waals surface area contributed by atoms with Gasteiger partial charge in [0.15, 0.2) is 0 Å². The van der Waals surface area contributed by atoms with Crippen molar-refractivity contribution in [2.24, 2.45) is 0 Å². The molecule has 0 fully saturated rings. The average molecular weight is 228 g/mol. The molecule has 0 aromatic carbocycles. The minimum atomic E-state index is -0.111. The van der Waals surface area contributed by atoms with Crippen LogP contribution in [-0.4, -0.2) is 26.9 Å². The fraction of sp³-hybridized carbons (Fsp3) is 0.600. The molecule has 0 spiro atoms. The van der Waals surface area contributed by atoms with Crippen molar-refractivity contribution in [2.75, 3.05) is 6.61 Å². The van der Waals surface area contributed by atoms with Crippen LogP contribution in [0.2, 0.25) is 0 Å². The maximum Gasteiger partial charge on any atom is 0.251 e. The first-order chi connectivity index (χ1) is 7.15. The molecule has 0 radical (unpaired) electrons. The van der Waals surface area contributed by atoms with Crippen LogP contribution < -0.4 is 5.56 Å². The van der Waals surface area contributed by atoms with Gasteiger partial charge in [0.1, 0.15) is 10.9 Å². The summed E-state index contributed by atoms with van der Waals surface area (Å²) in [6.07, 6.45) is 1.43. The third-order valence-electron chi connectivity index (χ3n) is 1.96. The molecule has 0 bridgehead atoms. The normalized spacial score (nSPS) is 12.7. The molecule has 2 N–H and O–H groups in total. The van der Waals surface area contributed by atoms with E-state index < -0.39 is 0 Å². The number of aryl methyl sites for hydroxylation is 1. The van der Waals surface area contributed by atoms with Crippen molar-refractivity contribution in [3.63, 3.8) is 0 Å². The summed E-state index contributed by atoms with van der Waals surface area (Å²) in [5.74, 6) is 0.709. The molecule has 1 aromatic heterocycles. The fourth-order valence-electron chi connectivity index (χ4n) is 1.16. The molecule has 0 aliphatic heterocycles. The number of aliphatic hydroxyl groups excluding tert-OH is 1. The van der Waals surface area contributed by atoms with E-state index >= 15 is 0 Å². The number of thioether (sulfide) groups is 1. The Balaban J connectivity index is 2.76. The van der Waals surface area contributed by atoms with Gasteiger partial charge in [-0.25, -0.2) is 4.98 Å². The summed E-state index contributed by atoms with van der Waals surface area (Å²) in [6, 6.07) is 1.50. The summed E-state index contributed by atoms with van der Waals surface area (Å²) in [4.78, 5) is 18.2. The minimum absolute atomic E-state index is 0.111. The second-order valence-corrected chi connectivity index (χ2v) is 4.78. The third-order valence-corrected chi connectivity index (χ3v) is 3.05. The van der Waals surface area contributed by atoms with Crippen LogP contribution in [0.4, 0.5) is 0 Å². The number of nitrogens with one attached hydrogen (secondary N) is 1. The Morgan fingerprint density at radius 1 is 1.67 bits per heavy atom. The topological polar surface area (TPSA) is 66.0 Å². The lowest BCUT2D eigenvalue weighted by molar-refractivity contribution is 0.289. The zero-order valence-electron chi connectivity index (χ0n) is 8.99. The largest absolute Gasteiger partial charge is 0.396 e. The first kappa shape index (κ1) is 12.3. The molecule has 5 heteroatoms. The molecule has 0 amide bonds. The van der Waals surface area contributed by atoms with E-state index in [9.17, 15) is 4.79 Å². The zero-order valence-corrected chi connectivity index (χ0v) is 9.80. The number of H-pyrrole nitrogens is 1. The number of rotatable bonds is 5. The van der Waals surface area contributed by atoms with E-state index in [-0.39, 0.29) is 17.4 Å². The lowest BCUT2D eigenvalue weighted by Crippen LogP contribution is -2.11. The Hall–Kier alpha value is -0.810. The van der Waals surface area contributed by atoms with Gasteiger partial charge in [0.05, 0.1) is 0 Å². The van der Waals surface area contributed by atoms with Crippen LogP contribution in [0.15, 0.2) is 15.9 Å². The van der Waals surface area contributed by atoms with Gasteiger partial charge in [0, 0.05) is 24.3 Å². The summed E-state index contributed by atoms with van der Waals surface area (Å²) in [7, 11) is 0. The summed E-state index contributed by atoms with van der Waals surface area (Å²) >= 11 is 1.52. The summed E-state index contributed by atoms with van der Waals surface area (Å²) in [5.41, 5.74) is -0.111. The highest BCUT2D eigenvalue weighted by atomic mass is 32.2. The standard InChI is InChI=1S/C10H16N2O2S/c1-3-8-11-9(14)6-10(12-8)15-7(2)4-5-13/h6-7,13H,3-5H2,1-2H3,(H,11,12,14). The van der Waals surface area contributed by atoms with Gasteiger partial charge in [0.2, 0.25) is 0 Å². The van der Waals surface area contributed by atoms with Crippen LogP contribution >= 0.6 is 11.8 Å². The van der Waals surface area contributed by atoms with Crippen LogP contribution in [0.5, 0.6) is 0 Å². The summed E-state index contributed by atoms with van der Waals surface area (Å²) < 4.78 is 0. The lowest BCUT2D eigenvalue weighted by Gasteiger charge is -2.08. The molecule has 0 saturated heterocycles. The van der Waals surface area contributed by atoms with E-state index in [2.05, 4.69) is 9.97 Å². The van der Waals surface area contributed by atoms with Gasteiger partial charge >= 0.3 is 0 Å². The van der Waals surface area contributed by atoms with Crippen molar-refractivity contribution in [1.29, 1.82) is 0 Å². The third kappa shape index (κ3) is 4.05. The van der Waals surface area contributed by atoms with E-state index in [0.29, 0.717) is 12.2 Å². The predicted molar refractivity (Wildman–Crippen MR) is 61.3 cm³/mol. The van der Waals surface area contributed by atoms with E-state index in [1.807, 2.05) is 13.8 Å². The van der Waals surface area contributed by atoms with Crippen LogP contribution in [0, 0.1) is 0 Å². The Morgan fingerprint density at radius 3 is 3.00 bits per heavy atom. The molecule has 84 valence electrons. The molecule has 1 rings (SSSR count). The van der Waals surface area contributed by atoms with Crippen LogP contribution in [0.25, 0.3) is 0 Å². The molecular weight excluding hydrogens is 212 g/mol. The summed E-state index contributed by atoms with van der Waals surface area (Å²) in [6.45, 7) is 4.12. The zero-order chi connectivity index (χ0) is 11.3. The van der Waals surface area contributed by atoms with E-state index in [1.54, 1.807) is 0 Å². The van der Waals surface area contributed by atoms with Gasteiger partial charge in [-0.3, -0.25) is 4.79 Å². The number of aromatic amines is 1. The Labute approximate surface area is 93.1 Å². The fourth-order valence-corrected chi connectivity index (χ4v) is 2.13. The Morgan fingerprint density at radius 2 is 2.40 bits per heavy atom. The van der Waals surface area contributed by atoms with E-state index in [1.165, 1.54) is 17.8 Å². The summed E-state index contributed by atoms with van der Waals surface area (Å²) in [5, 5.41) is 9.77. The molecule has 1 heterocycles. The van der Waals surface area contributed by atoms with Crippen LogP contribution in [0.1, 0.15) is 26.1 Å². The van der Waals surface area contributed by atoms with Crippen molar-refractivity contribution < 1.29 is 5.11 Å². The molecule has 15 heavy (non-hydrogen) atoms. The average Bonchev–Trinajstić information content (AvgIpc) is 2.17. The Bertz CT molecular complexity index is 365. The number of hydrogen-bond donors (Lipinski definition) is 2. The first-order valence-electron chi connectivity index (χ1n) is 5.03. The highest BCUT2D eigenvalue weighted by Crippen LogP contribution is 2.21. The molecule has 0 aliphatic rings. The Kier molecular flexibility index (Phi) is 4.84.